The van der Waals surface area contributed by atoms with Crippen molar-refractivity contribution >= 4 is 0 Å². The summed E-state index contributed by atoms with van der Waals surface area (Å²) in [5, 5.41) is 0. The van der Waals surface area contributed by atoms with Crippen LogP contribution in [0.15, 0.2) is 0 Å². The third kappa shape index (κ3) is 28.7. The second-order valence-electron chi connectivity index (χ2n) is 11.6. The summed E-state index contributed by atoms with van der Waals surface area (Å²) in [7, 11) is 3.70. The molecule has 0 aliphatic heterocycles. The van der Waals surface area contributed by atoms with Gasteiger partial charge in [0.1, 0.15) is 0 Å². The Hall–Kier alpha value is -0.120. The summed E-state index contributed by atoms with van der Waals surface area (Å²) in [6, 6.07) is 0. The van der Waals surface area contributed by atoms with Crippen LogP contribution in [0.5, 0.6) is 0 Å². The molecule has 0 rings (SSSR count). The van der Waals surface area contributed by atoms with E-state index in [4.69, 9.17) is 14.2 Å². The quantitative estimate of drug-likeness (QED) is 0.0816. The summed E-state index contributed by atoms with van der Waals surface area (Å²) in [6.45, 7) is 7.49. The Morgan fingerprint density at radius 2 is 0.838 bits per heavy atom. The van der Waals surface area contributed by atoms with Crippen molar-refractivity contribution < 1.29 is 14.2 Å². The molecule has 0 aliphatic rings. The fourth-order valence-corrected chi connectivity index (χ4v) is 5.49. The molecule has 3 heteroatoms. The van der Waals surface area contributed by atoms with Crippen molar-refractivity contribution in [2.45, 2.75) is 180 Å². The smallest absolute Gasteiger partial charge is 0.0571 e. The number of methoxy groups -OCH3 is 2. The second-order valence-corrected chi connectivity index (χ2v) is 11.6. The number of rotatable bonds is 32. The molecule has 0 radical (unpaired) electrons. The predicted molar refractivity (Wildman–Crippen MR) is 164 cm³/mol. The SMILES string of the molecule is CCCCCC(CCCCC)CCOCCCCCCCCCC(CCCCCCCCCOC)OC. The van der Waals surface area contributed by atoms with E-state index in [1.165, 1.54) is 161 Å². The molecular formula is C34H70O3. The van der Waals surface area contributed by atoms with Gasteiger partial charge in [-0.3, -0.25) is 0 Å². The van der Waals surface area contributed by atoms with Crippen LogP contribution in [0.3, 0.4) is 0 Å². The molecule has 1 atom stereocenters. The first kappa shape index (κ1) is 36.9. The Morgan fingerprint density at radius 1 is 0.405 bits per heavy atom. The lowest BCUT2D eigenvalue weighted by atomic mass is 9.92. The second kappa shape index (κ2) is 32.1. The number of ether oxygens (including phenoxy) is 3. The van der Waals surface area contributed by atoms with E-state index in [1.807, 2.05) is 7.11 Å². The molecule has 0 aliphatic carbocycles. The first-order chi connectivity index (χ1) is 18.3. The molecule has 0 fully saturated rings. The third-order valence-electron chi connectivity index (χ3n) is 8.12. The topological polar surface area (TPSA) is 27.7 Å². The van der Waals surface area contributed by atoms with Crippen LogP contribution in [0.2, 0.25) is 0 Å². The molecule has 37 heavy (non-hydrogen) atoms. The molecule has 0 N–H and O–H groups in total. The van der Waals surface area contributed by atoms with E-state index in [0.717, 1.165) is 25.7 Å². The normalized spacial score (nSPS) is 12.6. The molecule has 0 aromatic carbocycles. The van der Waals surface area contributed by atoms with E-state index in [1.54, 1.807) is 7.11 Å². The van der Waals surface area contributed by atoms with Gasteiger partial charge in [-0.1, -0.05) is 142 Å². The molecule has 0 saturated heterocycles. The van der Waals surface area contributed by atoms with Crippen molar-refractivity contribution in [2.24, 2.45) is 5.92 Å². The van der Waals surface area contributed by atoms with E-state index >= 15 is 0 Å². The predicted octanol–water partition coefficient (Wildman–Crippen LogP) is 11.1. The monoisotopic (exact) mass is 527 g/mol. The van der Waals surface area contributed by atoms with Crippen molar-refractivity contribution in [3.8, 4) is 0 Å². The Bertz CT molecular complexity index is 391. The Balaban J connectivity index is 3.49. The van der Waals surface area contributed by atoms with Gasteiger partial charge in [0.15, 0.2) is 0 Å². The lowest BCUT2D eigenvalue weighted by molar-refractivity contribution is 0.0831. The van der Waals surface area contributed by atoms with Gasteiger partial charge in [0.2, 0.25) is 0 Å². The van der Waals surface area contributed by atoms with Crippen LogP contribution < -0.4 is 0 Å². The highest BCUT2D eigenvalue weighted by atomic mass is 16.5. The van der Waals surface area contributed by atoms with E-state index in [9.17, 15) is 0 Å². The van der Waals surface area contributed by atoms with Gasteiger partial charge in [-0.05, 0) is 38.0 Å². The van der Waals surface area contributed by atoms with E-state index in [2.05, 4.69) is 13.8 Å². The minimum atomic E-state index is 0.483. The number of hydrogen-bond donors (Lipinski definition) is 0. The summed E-state index contributed by atoms with van der Waals surface area (Å²) in [6.07, 6.45) is 34.2. The highest BCUT2D eigenvalue weighted by molar-refractivity contribution is 4.61. The zero-order valence-electron chi connectivity index (χ0n) is 26.2. The highest BCUT2D eigenvalue weighted by Gasteiger charge is 2.09. The Kier molecular flexibility index (Phi) is 32.0. The van der Waals surface area contributed by atoms with Gasteiger partial charge in [0.05, 0.1) is 6.10 Å². The maximum absolute atomic E-state index is 6.02. The van der Waals surface area contributed by atoms with Crippen LogP contribution in [0.1, 0.15) is 174 Å². The fraction of sp³-hybridized carbons (Fsp3) is 1.00. The van der Waals surface area contributed by atoms with E-state index in [0.29, 0.717) is 6.10 Å². The van der Waals surface area contributed by atoms with Crippen molar-refractivity contribution in [1.29, 1.82) is 0 Å². The van der Waals surface area contributed by atoms with Gasteiger partial charge in [-0.25, -0.2) is 0 Å². The molecule has 3 nitrogen and oxygen atoms in total. The summed E-state index contributed by atoms with van der Waals surface area (Å²) in [5.41, 5.74) is 0. The van der Waals surface area contributed by atoms with Gasteiger partial charge < -0.3 is 14.2 Å². The molecular weight excluding hydrogens is 456 g/mol. The molecule has 0 saturated carbocycles. The molecule has 0 aromatic rings. The van der Waals surface area contributed by atoms with Crippen molar-refractivity contribution in [1.82, 2.24) is 0 Å². The van der Waals surface area contributed by atoms with Gasteiger partial charge in [-0.15, -0.1) is 0 Å². The molecule has 0 heterocycles. The molecule has 0 bridgehead atoms. The lowest BCUT2D eigenvalue weighted by Gasteiger charge is -2.17. The Morgan fingerprint density at radius 3 is 1.30 bits per heavy atom. The van der Waals surface area contributed by atoms with Crippen LogP contribution in [-0.4, -0.2) is 40.1 Å². The minimum Gasteiger partial charge on any atom is -0.385 e. The minimum absolute atomic E-state index is 0.483. The van der Waals surface area contributed by atoms with Crippen LogP contribution >= 0.6 is 0 Å². The number of hydrogen-bond acceptors (Lipinski definition) is 3. The summed E-state index contributed by atoms with van der Waals surface area (Å²) in [5.74, 6) is 0.900. The fourth-order valence-electron chi connectivity index (χ4n) is 5.49. The maximum atomic E-state index is 6.02. The standard InChI is InChI=1S/C34H70O3/c1-5-7-19-25-33(26-20-8-6-2)29-32-37-31-24-18-14-10-12-16-22-28-34(36-4)27-21-15-11-9-13-17-23-30-35-3/h33-34H,5-32H2,1-4H3. The van der Waals surface area contributed by atoms with Gasteiger partial charge in [-0.2, -0.15) is 0 Å². The zero-order valence-corrected chi connectivity index (χ0v) is 26.2. The van der Waals surface area contributed by atoms with Crippen LogP contribution in [0.25, 0.3) is 0 Å². The highest BCUT2D eigenvalue weighted by Crippen LogP contribution is 2.21. The van der Waals surface area contributed by atoms with Crippen LogP contribution in [0, 0.1) is 5.92 Å². The van der Waals surface area contributed by atoms with Crippen molar-refractivity contribution in [2.75, 3.05) is 34.0 Å². The molecule has 224 valence electrons. The van der Waals surface area contributed by atoms with E-state index < -0.39 is 0 Å². The number of unbranched alkanes of at least 4 members (excludes halogenated alkanes) is 16. The Labute approximate surface area is 234 Å². The van der Waals surface area contributed by atoms with Crippen LogP contribution in [0.4, 0.5) is 0 Å². The summed E-state index contributed by atoms with van der Waals surface area (Å²) >= 11 is 0. The summed E-state index contributed by atoms with van der Waals surface area (Å²) in [4.78, 5) is 0. The van der Waals surface area contributed by atoms with Gasteiger partial charge in [0.25, 0.3) is 0 Å². The average Bonchev–Trinajstić information content (AvgIpc) is 2.91. The third-order valence-corrected chi connectivity index (χ3v) is 8.12. The zero-order chi connectivity index (χ0) is 27.1. The first-order valence-electron chi connectivity index (χ1n) is 16.9. The molecule has 0 amide bonds. The maximum Gasteiger partial charge on any atom is 0.0571 e. The van der Waals surface area contributed by atoms with Crippen LogP contribution in [-0.2, 0) is 14.2 Å². The molecule has 1 unspecified atom stereocenters. The van der Waals surface area contributed by atoms with Gasteiger partial charge >= 0.3 is 0 Å². The largest absolute Gasteiger partial charge is 0.385 e. The van der Waals surface area contributed by atoms with Crippen molar-refractivity contribution in [3.63, 3.8) is 0 Å². The lowest BCUT2D eigenvalue weighted by Crippen LogP contribution is -2.10. The summed E-state index contributed by atoms with van der Waals surface area (Å²) < 4.78 is 16.9. The molecule has 0 spiro atoms. The molecule has 0 aromatic heterocycles. The van der Waals surface area contributed by atoms with Gasteiger partial charge in [0, 0.05) is 34.0 Å². The van der Waals surface area contributed by atoms with Crippen molar-refractivity contribution in [3.05, 3.63) is 0 Å². The first-order valence-corrected chi connectivity index (χ1v) is 16.9. The van der Waals surface area contributed by atoms with E-state index in [-0.39, 0.29) is 0 Å². The average molecular weight is 527 g/mol.